The Kier molecular flexibility index (Phi) is 6.11. The minimum atomic E-state index is -4.07. The van der Waals surface area contributed by atoms with Crippen molar-refractivity contribution in [3.63, 3.8) is 0 Å². The van der Waals surface area contributed by atoms with Crippen LogP contribution in [0.25, 0.3) is 5.69 Å². The van der Waals surface area contributed by atoms with Crippen molar-refractivity contribution < 1.29 is 13.3 Å². The highest BCUT2D eigenvalue weighted by molar-refractivity contribution is 7.89. The van der Waals surface area contributed by atoms with Gasteiger partial charge in [-0.3, -0.25) is 15.5 Å². The van der Waals surface area contributed by atoms with E-state index in [0.29, 0.717) is 0 Å². The molecule has 11 nitrogen and oxygen atoms in total. The summed E-state index contributed by atoms with van der Waals surface area (Å²) in [5.74, 6) is 0.904. The van der Waals surface area contributed by atoms with Crippen LogP contribution in [0, 0.1) is 17.0 Å². The summed E-state index contributed by atoms with van der Waals surface area (Å²) in [5.41, 5.74) is 4.71. The van der Waals surface area contributed by atoms with Gasteiger partial charge >= 0.3 is 0 Å². The summed E-state index contributed by atoms with van der Waals surface area (Å²) < 4.78 is 24.9. The number of nitrogens with one attached hydrogen (secondary N) is 1. The van der Waals surface area contributed by atoms with Crippen LogP contribution in [0.1, 0.15) is 24.1 Å². The van der Waals surface area contributed by atoms with E-state index in [-0.39, 0.29) is 10.6 Å². The number of nitro groups is 1. The lowest BCUT2D eigenvalue weighted by molar-refractivity contribution is -0.384. The summed E-state index contributed by atoms with van der Waals surface area (Å²) in [6.45, 7) is 3.67. The normalized spacial score (nSPS) is 14.2. The van der Waals surface area contributed by atoms with Crippen molar-refractivity contribution in [2.75, 3.05) is 23.4 Å². The van der Waals surface area contributed by atoms with Crippen molar-refractivity contribution >= 4 is 33.4 Å². The Hall–Kier alpha value is -3.77. The van der Waals surface area contributed by atoms with Crippen LogP contribution in [-0.4, -0.2) is 42.4 Å². The molecule has 0 aliphatic carbocycles. The molecular formula is C21H23N7O4S. The van der Waals surface area contributed by atoms with Gasteiger partial charge in [0.05, 0.1) is 33.0 Å². The number of hydrogen-bond acceptors (Lipinski definition) is 8. The Labute approximate surface area is 190 Å². The number of nitrogens with two attached hydrogens (primary N) is 1. The molecule has 3 N–H and O–H groups in total. The molecule has 1 aliphatic rings. The molecule has 1 aliphatic heterocycles. The van der Waals surface area contributed by atoms with Gasteiger partial charge < -0.3 is 4.90 Å². The fraction of sp³-hybridized carbons (Fsp3) is 0.238. The highest BCUT2D eigenvalue weighted by atomic mass is 32.2. The maximum atomic E-state index is 11.5. The van der Waals surface area contributed by atoms with Gasteiger partial charge in [-0.25, -0.2) is 18.2 Å². The molecule has 33 heavy (non-hydrogen) atoms. The van der Waals surface area contributed by atoms with E-state index >= 15 is 0 Å². The van der Waals surface area contributed by atoms with Crippen LogP contribution in [0.15, 0.2) is 58.5 Å². The highest BCUT2D eigenvalue weighted by Gasteiger charge is 2.24. The van der Waals surface area contributed by atoms with Gasteiger partial charge in [0.1, 0.15) is 11.5 Å². The molecule has 3 aromatic rings. The summed E-state index contributed by atoms with van der Waals surface area (Å²) in [6.07, 6.45) is 3.74. The lowest BCUT2D eigenvalue weighted by Crippen LogP contribution is -2.22. The topological polar surface area (TPSA) is 149 Å². The first-order chi connectivity index (χ1) is 15.8. The standard InChI is InChI=1S/C21H23N7O4S/c1-15-18(14-23-24-19-10-9-17(33(22,31)32)13-20(19)28(29)30)21(26-11-5-6-12-26)27(25-15)16-7-3-2-4-8-16/h2-4,7-10,13-14,24H,5-6,11-12H2,1H3,(H2,22,31,32)/b23-14+. The van der Waals surface area contributed by atoms with Crippen LogP contribution in [0.2, 0.25) is 0 Å². The number of primary sulfonamides is 1. The van der Waals surface area contributed by atoms with E-state index in [9.17, 15) is 18.5 Å². The third kappa shape index (κ3) is 4.71. The molecule has 0 amide bonds. The number of nitro benzene ring substituents is 1. The van der Waals surface area contributed by atoms with Gasteiger partial charge in [0.15, 0.2) is 0 Å². The number of para-hydroxylation sites is 1. The van der Waals surface area contributed by atoms with Gasteiger partial charge in [0, 0.05) is 19.2 Å². The minimum Gasteiger partial charge on any atom is -0.356 e. The number of rotatable bonds is 7. The second kappa shape index (κ2) is 9.00. The number of aromatic nitrogens is 2. The van der Waals surface area contributed by atoms with Crippen LogP contribution in [0.3, 0.4) is 0 Å². The number of benzene rings is 2. The molecule has 1 aromatic heterocycles. The largest absolute Gasteiger partial charge is 0.356 e. The van der Waals surface area contributed by atoms with E-state index < -0.39 is 20.6 Å². The Bertz CT molecular complexity index is 1310. The molecule has 0 spiro atoms. The van der Waals surface area contributed by atoms with Crippen molar-refractivity contribution in [1.82, 2.24) is 9.78 Å². The predicted octanol–water partition coefficient (Wildman–Crippen LogP) is 2.78. The molecule has 12 heteroatoms. The lowest BCUT2D eigenvalue weighted by Gasteiger charge is -2.20. The van der Waals surface area contributed by atoms with E-state index in [2.05, 4.69) is 15.4 Å². The molecule has 0 unspecified atom stereocenters. The third-order valence-corrected chi connectivity index (χ3v) is 6.27. The maximum absolute atomic E-state index is 11.5. The van der Waals surface area contributed by atoms with Gasteiger partial charge in [0.25, 0.3) is 5.69 Å². The average molecular weight is 470 g/mol. The second-order valence-electron chi connectivity index (χ2n) is 7.62. The molecule has 172 valence electrons. The first kappa shape index (κ1) is 22.4. The van der Waals surface area contributed by atoms with Crippen LogP contribution in [-0.2, 0) is 10.0 Å². The number of nitrogens with zero attached hydrogens (tertiary/aromatic N) is 5. The van der Waals surface area contributed by atoms with Crippen LogP contribution in [0.4, 0.5) is 17.2 Å². The monoisotopic (exact) mass is 469 g/mol. The molecule has 2 heterocycles. The Balaban J connectivity index is 1.69. The molecule has 1 saturated heterocycles. The summed E-state index contributed by atoms with van der Waals surface area (Å²) in [7, 11) is -4.07. The Morgan fingerprint density at radius 1 is 1.18 bits per heavy atom. The van der Waals surface area contributed by atoms with Crippen LogP contribution < -0.4 is 15.5 Å². The van der Waals surface area contributed by atoms with Crippen LogP contribution >= 0.6 is 0 Å². The fourth-order valence-corrected chi connectivity index (χ4v) is 4.29. The summed E-state index contributed by atoms with van der Waals surface area (Å²) in [5, 5.41) is 25.4. The van der Waals surface area contributed by atoms with Crippen molar-refractivity contribution in [3.05, 3.63) is 69.9 Å². The predicted molar refractivity (Wildman–Crippen MR) is 125 cm³/mol. The van der Waals surface area contributed by atoms with Crippen molar-refractivity contribution in [3.8, 4) is 5.69 Å². The molecule has 0 saturated carbocycles. The SMILES string of the molecule is Cc1nn(-c2ccccc2)c(N2CCCC2)c1/C=N/Nc1ccc(S(N)(=O)=O)cc1[N+](=O)[O-]. The quantitative estimate of drug-likeness (QED) is 0.307. The smallest absolute Gasteiger partial charge is 0.295 e. The molecule has 0 radical (unpaired) electrons. The minimum absolute atomic E-state index is 0.0412. The zero-order valence-corrected chi connectivity index (χ0v) is 18.7. The summed E-state index contributed by atoms with van der Waals surface area (Å²) in [4.78, 5) is 12.6. The molecule has 4 rings (SSSR count). The van der Waals surface area contributed by atoms with Gasteiger partial charge in [0.2, 0.25) is 10.0 Å². The first-order valence-electron chi connectivity index (χ1n) is 10.3. The maximum Gasteiger partial charge on any atom is 0.295 e. The molecular weight excluding hydrogens is 446 g/mol. The number of anilines is 2. The zero-order valence-electron chi connectivity index (χ0n) is 17.9. The van der Waals surface area contributed by atoms with E-state index in [1.54, 1.807) is 6.21 Å². The number of sulfonamides is 1. The van der Waals surface area contributed by atoms with E-state index in [0.717, 1.165) is 54.8 Å². The number of hydrazone groups is 1. The van der Waals surface area contributed by atoms with Crippen LogP contribution in [0.5, 0.6) is 0 Å². The molecule has 1 fully saturated rings. The van der Waals surface area contributed by atoms with Crippen molar-refractivity contribution in [2.45, 2.75) is 24.7 Å². The van der Waals surface area contributed by atoms with E-state index in [4.69, 9.17) is 10.2 Å². The first-order valence-corrected chi connectivity index (χ1v) is 11.8. The summed E-state index contributed by atoms with van der Waals surface area (Å²) in [6, 6.07) is 13.1. The number of aryl methyl sites for hydroxylation is 1. The number of hydrogen-bond donors (Lipinski definition) is 2. The van der Waals surface area contributed by atoms with Crippen molar-refractivity contribution in [2.24, 2.45) is 10.2 Å². The average Bonchev–Trinajstić information content (AvgIpc) is 3.42. The van der Waals surface area contributed by atoms with Gasteiger partial charge in [-0.05, 0) is 44.0 Å². The highest BCUT2D eigenvalue weighted by Crippen LogP contribution is 2.30. The van der Waals surface area contributed by atoms with E-state index in [1.807, 2.05) is 41.9 Å². The lowest BCUT2D eigenvalue weighted by atomic mass is 10.2. The Morgan fingerprint density at radius 2 is 1.88 bits per heavy atom. The molecule has 0 atom stereocenters. The zero-order chi connectivity index (χ0) is 23.6. The third-order valence-electron chi connectivity index (χ3n) is 5.36. The Morgan fingerprint density at radius 3 is 2.52 bits per heavy atom. The van der Waals surface area contributed by atoms with Gasteiger partial charge in [-0.15, -0.1) is 0 Å². The summed E-state index contributed by atoms with van der Waals surface area (Å²) >= 11 is 0. The van der Waals surface area contributed by atoms with Gasteiger partial charge in [-0.2, -0.15) is 10.2 Å². The second-order valence-corrected chi connectivity index (χ2v) is 9.18. The van der Waals surface area contributed by atoms with E-state index in [1.165, 1.54) is 12.1 Å². The molecule has 0 bridgehead atoms. The van der Waals surface area contributed by atoms with Gasteiger partial charge in [-0.1, -0.05) is 18.2 Å². The van der Waals surface area contributed by atoms with Crippen molar-refractivity contribution in [1.29, 1.82) is 0 Å². The fourth-order valence-electron chi connectivity index (χ4n) is 3.76. The molecule has 2 aromatic carbocycles.